The summed E-state index contributed by atoms with van der Waals surface area (Å²) in [5.41, 5.74) is 3.23. The molecule has 0 unspecified atom stereocenters. The SMILES string of the molecule is CN(C[C@H](O)C=O)c1ccc(C#N)c(-c2ccccc2)c1. The Bertz CT molecular complexity index is 662. The summed E-state index contributed by atoms with van der Waals surface area (Å²) in [6.07, 6.45) is -0.510. The van der Waals surface area contributed by atoms with Crippen molar-refractivity contribution < 1.29 is 9.90 Å². The number of hydrogen-bond donors (Lipinski definition) is 1. The quantitative estimate of drug-likeness (QED) is 0.853. The number of hydrogen-bond acceptors (Lipinski definition) is 4. The first kappa shape index (κ1) is 14.8. The second-order valence-electron chi connectivity index (χ2n) is 4.79. The first-order valence-electron chi connectivity index (χ1n) is 6.59. The van der Waals surface area contributed by atoms with Crippen LogP contribution in [-0.4, -0.2) is 31.1 Å². The molecule has 1 atom stereocenters. The van der Waals surface area contributed by atoms with Crippen LogP contribution in [0.5, 0.6) is 0 Å². The molecule has 0 bridgehead atoms. The van der Waals surface area contributed by atoms with Crippen LogP contribution in [0, 0.1) is 11.3 Å². The average Bonchev–Trinajstić information content (AvgIpc) is 2.54. The summed E-state index contributed by atoms with van der Waals surface area (Å²) < 4.78 is 0. The van der Waals surface area contributed by atoms with Gasteiger partial charge in [0.2, 0.25) is 0 Å². The highest BCUT2D eigenvalue weighted by Gasteiger charge is 2.11. The van der Waals surface area contributed by atoms with Crippen LogP contribution in [-0.2, 0) is 4.79 Å². The van der Waals surface area contributed by atoms with Crippen molar-refractivity contribution >= 4 is 12.0 Å². The molecule has 0 spiro atoms. The summed E-state index contributed by atoms with van der Waals surface area (Å²) in [4.78, 5) is 12.3. The molecule has 0 saturated carbocycles. The Morgan fingerprint density at radius 2 is 2.00 bits per heavy atom. The Kier molecular flexibility index (Phi) is 4.70. The van der Waals surface area contributed by atoms with E-state index in [1.165, 1.54) is 0 Å². The van der Waals surface area contributed by atoms with Gasteiger partial charge in [-0.2, -0.15) is 5.26 Å². The highest BCUT2D eigenvalue weighted by atomic mass is 16.3. The van der Waals surface area contributed by atoms with Gasteiger partial charge in [-0.25, -0.2) is 0 Å². The monoisotopic (exact) mass is 280 g/mol. The van der Waals surface area contributed by atoms with Crippen molar-refractivity contribution in [1.29, 1.82) is 5.26 Å². The predicted molar refractivity (Wildman–Crippen MR) is 81.9 cm³/mol. The molecular formula is C17H16N2O2. The summed E-state index contributed by atoms with van der Waals surface area (Å²) in [5.74, 6) is 0. The molecule has 0 fully saturated rings. The molecule has 0 saturated heterocycles. The van der Waals surface area contributed by atoms with E-state index in [2.05, 4.69) is 6.07 Å². The van der Waals surface area contributed by atoms with Gasteiger partial charge in [0.05, 0.1) is 18.2 Å². The lowest BCUT2D eigenvalue weighted by Gasteiger charge is -2.21. The number of carbonyl (C=O) groups excluding carboxylic acids is 1. The molecule has 0 amide bonds. The topological polar surface area (TPSA) is 64.3 Å². The van der Waals surface area contributed by atoms with Gasteiger partial charge in [0, 0.05) is 18.3 Å². The zero-order valence-electron chi connectivity index (χ0n) is 11.7. The number of rotatable bonds is 5. The molecule has 0 aliphatic carbocycles. The molecule has 0 aliphatic heterocycles. The van der Waals surface area contributed by atoms with Gasteiger partial charge in [-0.1, -0.05) is 30.3 Å². The maximum absolute atomic E-state index is 10.5. The number of aldehydes is 1. The first-order chi connectivity index (χ1) is 10.2. The van der Waals surface area contributed by atoms with Crippen molar-refractivity contribution in [3.8, 4) is 17.2 Å². The van der Waals surface area contributed by atoms with Crippen LogP contribution in [0.3, 0.4) is 0 Å². The third-order valence-corrected chi connectivity index (χ3v) is 3.27. The fraction of sp³-hybridized carbons (Fsp3) is 0.176. The van der Waals surface area contributed by atoms with Gasteiger partial charge < -0.3 is 14.8 Å². The minimum absolute atomic E-state index is 0.212. The van der Waals surface area contributed by atoms with Gasteiger partial charge in [0.15, 0.2) is 0 Å². The predicted octanol–water partition coefficient (Wildman–Crippen LogP) is 2.22. The molecule has 2 aromatic carbocycles. The van der Waals surface area contributed by atoms with E-state index >= 15 is 0 Å². The lowest BCUT2D eigenvalue weighted by atomic mass is 9.99. The number of anilines is 1. The fourth-order valence-corrected chi connectivity index (χ4v) is 2.15. The van der Waals surface area contributed by atoms with E-state index in [0.29, 0.717) is 11.8 Å². The lowest BCUT2D eigenvalue weighted by Crippen LogP contribution is -2.29. The van der Waals surface area contributed by atoms with Crippen molar-refractivity contribution in [3.63, 3.8) is 0 Å². The molecule has 106 valence electrons. The number of benzene rings is 2. The standard InChI is InChI=1S/C17H16N2O2/c1-19(11-16(21)12-20)15-8-7-14(10-18)17(9-15)13-5-3-2-4-6-13/h2-9,12,16,21H,11H2,1H3/t16-/m0/s1. The van der Waals surface area contributed by atoms with Crippen molar-refractivity contribution in [2.75, 3.05) is 18.5 Å². The number of aliphatic hydroxyl groups excluding tert-OH is 1. The molecule has 0 aromatic heterocycles. The normalized spacial score (nSPS) is 11.5. The number of aliphatic hydroxyl groups is 1. The highest BCUT2D eigenvalue weighted by Crippen LogP contribution is 2.27. The Labute approximate surface area is 123 Å². The summed E-state index contributed by atoms with van der Waals surface area (Å²) in [7, 11) is 1.79. The van der Waals surface area contributed by atoms with Crippen LogP contribution in [0.1, 0.15) is 5.56 Å². The number of nitrogens with zero attached hydrogens (tertiary/aromatic N) is 2. The van der Waals surface area contributed by atoms with Crippen molar-refractivity contribution in [3.05, 3.63) is 54.1 Å². The van der Waals surface area contributed by atoms with Gasteiger partial charge in [-0.05, 0) is 23.8 Å². The van der Waals surface area contributed by atoms with Crippen molar-refractivity contribution in [2.24, 2.45) is 0 Å². The molecular weight excluding hydrogens is 264 g/mol. The number of carbonyl (C=O) groups is 1. The van der Waals surface area contributed by atoms with E-state index in [1.54, 1.807) is 18.0 Å². The summed E-state index contributed by atoms with van der Waals surface area (Å²) in [6, 6.07) is 17.3. The molecule has 0 radical (unpaired) electrons. The average molecular weight is 280 g/mol. The summed E-state index contributed by atoms with van der Waals surface area (Å²) in [6.45, 7) is 0.212. The van der Waals surface area contributed by atoms with Crippen molar-refractivity contribution in [1.82, 2.24) is 0 Å². The number of likely N-dealkylation sites (N-methyl/N-ethyl adjacent to an activating group) is 1. The van der Waals surface area contributed by atoms with E-state index in [-0.39, 0.29) is 6.54 Å². The van der Waals surface area contributed by atoms with Gasteiger partial charge in [-0.3, -0.25) is 0 Å². The Morgan fingerprint density at radius 3 is 2.62 bits per heavy atom. The molecule has 4 heteroatoms. The minimum atomic E-state index is -1.02. The zero-order chi connectivity index (χ0) is 15.2. The maximum Gasteiger partial charge on any atom is 0.150 e. The Balaban J connectivity index is 2.39. The molecule has 0 aliphatic rings. The largest absolute Gasteiger partial charge is 0.384 e. The summed E-state index contributed by atoms with van der Waals surface area (Å²) in [5, 5.41) is 18.7. The Morgan fingerprint density at radius 1 is 1.29 bits per heavy atom. The van der Waals surface area contributed by atoms with Crippen LogP contribution in [0.4, 0.5) is 5.69 Å². The third kappa shape index (κ3) is 3.47. The van der Waals surface area contributed by atoms with Gasteiger partial charge in [0.1, 0.15) is 12.4 Å². The third-order valence-electron chi connectivity index (χ3n) is 3.27. The fourth-order valence-electron chi connectivity index (χ4n) is 2.15. The maximum atomic E-state index is 10.5. The Hall–Kier alpha value is -2.64. The second-order valence-corrected chi connectivity index (χ2v) is 4.79. The smallest absolute Gasteiger partial charge is 0.150 e. The van der Waals surface area contributed by atoms with Crippen LogP contribution in [0.2, 0.25) is 0 Å². The van der Waals surface area contributed by atoms with Crippen LogP contribution < -0.4 is 4.90 Å². The number of nitriles is 1. The molecule has 21 heavy (non-hydrogen) atoms. The summed E-state index contributed by atoms with van der Waals surface area (Å²) >= 11 is 0. The van der Waals surface area contributed by atoms with Gasteiger partial charge >= 0.3 is 0 Å². The molecule has 0 heterocycles. The molecule has 2 rings (SSSR count). The van der Waals surface area contributed by atoms with Gasteiger partial charge in [-0.15, -0.1) is 0 Å². The lowest BCUT2D eigenvalue weighted by molar-refractivity contribution is -0.114. The van der Waals surface area contributed by atoms with Crippen LogP contribution in [0.25, 0.3) is 11.1 Å². The minimum Gasteiger partial charge on any atom is -0.384 e. The van der Waals surface area contributed by atoms with Gasteiger partial charge in [0.25, 0.3) is 0 Å². The van der Waals surface area contributed by atoms with E-state index in [1.807, 2.05) is 42.5 Å². The first-order valence-corrected chi connectivity index (χ1v) is 6.59. The molecule has 2 aromatic rings. The second kappa shape index (κ2) is 6.69. The van der Waals surface area contributed by atoms with E-state index in [0.717, 1.165) is 16.8 Å². The molecule has 1 N–H and O–H groups in total. The van der Waals surface area contributed by atoms with Crippen molar-refractivity contribution in [2.45, 2.75) is 6.10 Å². The van der Waals surface area contributed by atoms with Crippen LogP contribution in [0.15, 0.2) is 48.5 Å². The van der Waals surface area contributed by atoms with E-state index in [4.69, 9.17) is 0 Å². The molecule has 4 nitrogen and oxygen atoms in total. The highest BCUT2D eigenvalue weighted by molar-refractivity contribution is 5.74. The van der Waals surface area contributed by atoms with E-state index < -0.39 is 6.10 Å². The van der Waals surface area contributed by atoms with Crippen LogP contribution >= 0.6 is 0 Å². The van der Waals surface area contributed by atoms with E-state index in [9.17, 15) is 15.2 Å². The zero-order valence-corrected chi connectivity index (χ0v) is 11.7.